The molecule has 10 heteroatoms. The molecule has 37 heavy (non-hydrogen) atoms. The Bertz CT molecular complexity index is 1380. The van der Waals surface area contributed by atoms with Crippen LogP contribution in [0.3, 0.4) is 0 Å². The number of aromatic nitrogens is 2. The molecule has 3 heterocycles. The van der Waals surface area contributed by atoms with Crippen LogP contribution >= 0.6 is 11.8 Å². The van der Waals surface area contributed by atoms with Crippen LogP contribution in [0.4, 0.5) is 15.0 Å². The Morgan fingerprint density at radius 3 is 2.68 bits per heavy atom. The van der Waals surface area contributed by atoms with Crippen LogP contribution in [-0.2, 0) is 16.0 Å². The Hall–Kier alpha value is -4.05. The van der Waals surface area contributed by atoms with Gasteiger partial charge in [0.05, 0.1) is 29.4 Å². The predicted molar refractivity (Wildman–Crippen MR) is 140 cm³/mol. The van der Waals surface area contributed by atoms with E-state index in [1.807, 2.05) is 35.2 Å². The number of thioether (sulfide) groups is 1. The van der Waals surface area contributed by atoms with Crippen LogP contribution in [0.1, 0.15) is 17.5 Å². The number of imide groups is 1. The van der Waals surface area contributed by atoms with Gasteiger partial charge in [-0.05, 0) is 47.5 Å². The minimum absolute atomic E-state index is 0.0942. The number of nitrogens with one attached hydrogen (secondary N) is 1. The molecule has 0 radical (unpaired) electrons. The maximum atomic E-state index is 14.8. The molecular weight excluding hydrogens is 493 g/mol. The highest BCUT2D eigenvalue weighted by Crippen LogP contribution is 2.29. The van der Waals surface area contributed by atoms with E-state index < -0.39 is 17.0 Å². The third-order valence-electron chi connectivity index (χ3n) is 6.20. The largest absolute Gasteiger partial charge is 0.353 e. The van der Waals surface area contributed by atoms with Crippen LogP contribution in [0.2, 0.25) is 0 Å². The first-order valence-electron chi connectivity index (χ1n) is 11.9. The lowest BCUT2D eigenvalue weighted by molar-refractivity contribution is -0.130. The fourth-order valence-corrected chi connectivity index (χ4v) is 5.00. The molecule has 2 aliphatic rings. The Kier molecular flexibility index (Phi) is 7.27. The Labute approximate surface area is 217 Å². The highest BCUT2D eigenvalue weighted by molar-refractivity contribution is 8.18. The third-order valence-corrected chi connectivity index (χ3v) is 7.01. The first kappa shape index (κ1) is 24.6. The van der Waals surface area contributed by atoms with E-state index in [2.05, 4.69) is 20.2 Å². The first-order chi connectivity index (χ1) is 18.0. The summed E-state index contributed by atoms with van der Waals surface area (Å²) in [5.41, 5.74) is 2.16. The molecule has 0 unspecified atom stereocenters. The van der Waals surface area contributed by atoms with Gasteiger partial charge in [0.15, 0.2) is 0 Å². The molecule has 0 atom stereocenters. The zero-order valence-electron chi connectivity index (χ0n) is 19.9. The van der Waals surface area contributed by atoms with Crippen molar-refractivity contribution in [3.8, 4) is 11.3 Å². The molecule has 1 aromatic heterocycles. The average Bonchev–Trinajstić information content (AvgIpc) is 3.08. The summed E-state index contributed by atoms with van der Waals surface area (Å²) < 4.78 is 14.8. The fraction of sp³-hybridized carbons (Fsp3) is 0.222. The number of carbonyl (C=O) groups excluding carboxylic acids is 3. The minimum atomic E-state index is -0.472. The maximum Gasteiger partial charge on any atom is 0.290 e. The van der Waals surface area contributed by atoms with E-state index in [4.69, 9.17) is 0 Å². The van der Waals surface area contributed by atoms with E-state index in [1.165, 1.54) is 18.3 Å². The quantitative estimate of drug-likeness (QED) is 0.513. The van der Waals surface area contributed by atoms with Crippen molar-refractivity contribution in [2.75, 3.05) is 31.1 Å². The molecule has 3 amide bonds. The van der Waals surface area contributed by atoms with E-state index in [1.54, 1.807) is 18.3 Å². The highest BCUT2D eigenvalue weighted by Gasteiger charge is 2.25. The summed E-state index contributed by atoms with van der Waals surface area (Å²) in [6.07, 6.45) is 5.83. The van der Waals surface area contributed by atoms with Crippen molar-refractivity contribution < 1.29 is 18.8 Å². The second-order valence-electron chi connectivity index (χ2n) is 8.74. The SMILES string of the molecule is O=C1NC(=O)/C(=C/c2ccc(F)c(-c3cncc(N4CCCN(C(=O)Cc5ccccc5)CC4)n3)c2)S1. The molecule has 3 aromatic rings. The van der Waals surface area contributed by atoms with Gasteiger partial charge in [-0.1, -0.05) is 36.4 Å². The molecule has 0 bridgehead atoms. The number of carbonyl (C=O) groups is 3. The smallest absolute Gasteiger partial charge is 0.290 e. The Morgan fingerprint density at radius 1 is 1.05 bits per heavy atom. The molecule has 2 fully saturated rings. The van der Waals surface area contributed by atoms with Gasteiger partial charge in [-0.25, -0.2) is 9.37 Å². The van der Waals surface area contributed by atoms with Crippen LogP contribution in [-0.4, -0.2) is 58.1 Å². The second kappa shape index (κ2) is 10.9. The molecule has 0 spiro atoms. The van der Waals surface area contributed by atoms with Crippen molar-refractivity contribution in [1.29, 1.82) is 0 Å². The number of anilines is 1. The topological polar surface area (TPSA) is 95.5 Å². The minimum Gasteiger partial charge on any atom is -0.353 e. The number of halogens is 1. The van der Waals surface area contributed by atoms with E-state index in [-0.39, 0.29) is 16.4 Å². The molecule has 0 aliphatic carbocycles. The summed E-state index contributed by atoms with van der Waals surface area (Å²) in [7, 11) is 0. The molecule has 188 valence electrons. The van der Waals surface area contributed by atoms with Crippen LogP contribution in [0.25, 0.3) is 17.3 Å². The monoisotopic (exact) mass is 517 g/mol. The number of rotatable bonds is 5. The van der Waals surface area contributed by atoms with Crippen molar-refractivity contribution in [1.82, 2.24) is 20.2 Å². The number of amides is 3. The lowest BCUT2D eigenvalue weighted by atomic mass is 10.1. The summed E-state index contributed by atoms with van der Waals surface area (Å²) in [4.78, 5) is 49.3. The zero-order chi connectivity index (χ0) is 25.8. The van der Waals surface area contributed by atoms with Gasteiger partial charge >= 0.3 is 0 Å². The van der Waals surface area contributed by atoms with Gasteiger partial charge in [0.2, 0.25) is 5.91 Å². The normalized spacial score (nSPS) is 17.2. The third kappa shape index (κ3) is 5.86. The van der Waals surface area contributed by atoms with Gasteiger partial charge in [0.1, 0.15) is 11.6 Å². The van der Waals surface area contributed by atoms with Crippen molar-refractivity contribution in [3.63, 3.8) is 0 Å². The molecule has 2 aliphatic heterocycles. The van der Waals surface area contributed by atoms with Gasteiger partial charge in [0.25, 0.3) is 11.1 Å². The Balaban J connectivity index is 1.31. The number of hydrogen-bond acceptors (Lipinski definition) is 7. The molecule has 0 saturated carbocycles. The van der Waals surface area contributed by atoms with Gasteiger partial charge in [0, 0.05) is 31.7 Å². The maximum absolute atomic E-state index is 14.8. The van der Waals surface area contributed by atoms with Gasteiger partial charge in [-0.2, -0.15) is 0 Å². The highest BCUT2D eigenvalue weighted by atomic mass is 32.2. The van der Waals surface area contributed by atoms with Crippen LogP contribution in [0.5, 0.6) is 0 Å². The van der Waals surface area contributed by atoms with Gasteiger partial charge < -0.3 is 9.80 Å². The summed E-state index contributed by atoms with van der Waals surface area (Å²) >= 11 is 0.805. The first-order valence-corrected chi connectivity index (χ1v) is 12.7. The molecule has 5 rings (SSSR count). The van der Waals surface area contributed by atoms with E-state index in [9.17, 15) is 18.8 Å². The molecule has 8 nitrogen and oxygen atoms in total. The number of hydrogen-bond donors (Lipinski definition) is 1. The lowest BCUT2D eigenvalue weighted by Gasteiger charge is -2.23. The van der Waals surface area contributed by atoms with Crippen LogP contribution < -0.4 is 10.2 Å². The Morgan fingerprint density at radius 2 is 1.89 bits per heavy atom. The lowest BCUT2D eigenvalue weighted by Crippen LogP contribution is -2.36. The zero-order valence-corrected chi connectivity index (χ0v) is 20.7. The van der Waals surface area contributed by atoms with E-state index in [0.29, 0.717) is 49.7 Å². The predicted octanol–water partition coefficient (Wildman–Crippen LogP) is 3.89. The summed E-state index contributed by atoms with van der Waals surface area (Å²) in [6.45, 7) is 2.51. The molecule has 2 saturated heterocycles. The molecule has 1 N–H and O–H groups in total. The fourth-order valence-electron chi connectivity index (χ4n) is 4.32. The van der Waals surface area contributed by atoms with Gasteiger partial charge in [-0.15, -0.1) is 0 Å². The molecule has 2 aromatic carbocycles. The summed E-state index contributed by atoms with van der Waals surface area (Å²) in [5.74, 6) is -0.243. The van der Waals surface area contributed by atoms with Crippen molar-refractivity contribution >= 4 is 40.7 Å². The number of benzene rings is 2. The van der Waals surface area contributed by atoms with Crippen molar-refractivity contribution in [2.24, 2.45) is 0 Å². The van der Waals surface area contributed by atoms with Crippen LogP contribution in [0.15, 0.2) is 65.8 Å². The van der Waals surface area contributed by atoms with E-state index >= 15 is 0 Å². The number of nitrogens with zero attached hydrogens (tertiary/aromatic N) is 4. The second-order valence-corrected chi connectivity index (χ2v) is 9.75. The summed E-state index contributed by atoms with van der Waals surface area (Å²) in [6, 6.07) is 14.1. The van der Waals surface area contributed by atoms with Crippen molar-refractivity contribution in [2.45, 2.75) is 12.8 Å². The molecular formula is C27H24FN5O3S. The van der Waals surface area contributed by atoms with Crippen LogP contribution in [0, 0.1) is 5.82 Å². The van der Waals surface area contributed by atoms with Crippen molar-refractivity contribution in [3.05, 3.63) is 82.8 Å². The van der Waals surface area contributed by atoms with E-state index in [0.717, 1.165) is 23.7 Å². The standard InChI is InChI=1S/C27H24FN5O3S/c28-21-8-7-19(14-23-26(35)31-27(36)37-23)13-20(21)22-16-29-17-24(30-22)32-9-4-10-33(12-11-32)25(34)15-18-5-2-1-3-6-18/h1-3,5-8,13-14,16-17H,4,9-12,15H2,(H,31,35,36)/b23-14-. The van der Waals surface area contributed by atoms with Gasteiger partial charge in [-0.3, -0.25) is 24.7 Å². The summed E-state index contributed by atoms with van der Waals surface area (Å²) in [5, 5.41) is 1.77. The average molecular weight is 518 g/mol.